The maximum absolute atomic E-state index is 11.8. The largest absolute Gasteiger partial charge is 0.481 e. The van der Waals surface area contributed by atoms with Gasteiger partial charge in [-0.25, -0.2) is 0 Å². The van der Waals surface area contributed by atoms with Crippen molar-refractivity contribution in [3.05, 3.63) is 0 Å². The number of hydrogen-bond donors (Lipinski definition) is 2. The first-order chi connectivity index (χ1) is 8.78. The zero-order chi connectivity index (χ0) is 14.5. The molecule has 0 atom stereocenters. The van der Waals surface area contributed by atoms with E-state index in [0.717, 1.165) is 0 Å². The first kappa shape index (κ1) is 14.9. The van der Waals surface area contributed by atoms with Gasteiger partial charge in [0, 0.05) is 6.54 Å². The maximum atomic E-state index is 11.8. The standard InChI is InChI=1S/C9H11F3N4O3/c10-9(11,12)5-14-15-6-4-16(2-1-13-6)7(17)3-8(18)19/h5H,1-4H2,(H,13,15)(H,18,19)/b14-5+. The molecule has 0 unspecified atom stereocenters. The van der Waals surface area contributed by atoms with E-state index in [1.165, 1.54) is 4.90 Å². The third-order valence-electron chi connectivity index (χ3n) is 2.07. The van der Waals surface area contributed by atoms with Crippen molar-refractivity contribution in [1.82, 2.24) is 10.3 Å². The number of amides is 1. The van der Waals surface area contributed by atoms with Crippen molar-refractivity contribution in [2.45, 2.75) is 12.6 Å². The summed E-state index contributed by atoms with van der Waals surface area (Å²) < 4.78 is 35.4. The van der Waals surface area contributed by atoms with Crippen LogP contribution in [-0.2, 0) is 9.59 Å². The Bertz CT molecular complexity index is 419. The fraction of sp³-hybridized carbons (Fsp3) is 0.556. The molecule has 0 aromatic heterocycles. The fourth-order valence-corrected chi connectivity index (χ4v) is 1.32. The highest BCUT2D eigenvalue weighted by Gasteiger charge is 2.24. The number of nitrogens with zero attached hydrogens (tertiary/aromatic N) is 3. The van der Waals surface area contributed by atoms with Crippen LogP contribution in [0.15, 0.2) is 10.1 Å². The second-order valence-corrected chi connectivity index (χ2v) is 3.63. The summed E-state index contributed by atoms with van der Waals surface area (Å²) >= 11 is 0. The van der Waals surface area contributed by atoms with E-state index in [2.05, 4.69) is 15.5 Å². The first-order valence-electron chi connectivity index (χ1n) is 5.18. The Morgan fingerprint density at radius 2 is 2.21 bits per heavy atom. The number of aliphatic imine (C=N–C) groups is 1. The first-order valence-corrected chi connectivity index (χ1v) is 5.18. The number of rotatable bonds is 3. The number of carbonyl (C=O) groups excluding carboxylic acids is 1. The van der Waals surface area contributed by atoms with Gasteiger partial charge in [0.15, 0.2) is 0 Å². The van der Waals surface area contributed by atoms with E-state index in [1.54, 1.807) is 0 Å². The van der Waals surface area contributed by atoms with Crippen LogP contribution >= 0.6 is 0 Å². The zero-order valence-corrected chi connectivity index (χ0v) is 9.65. The number of hydrazone groups is 1. The van der Waals surface area contributed by atoms with E-state index in [1.807, 2.05) is 0 Å². The number of alkyl halides is 3. The van der Waals surface area contributed by atoms with Crippen LogP contribution in [0.2, 0.25) is 0 Å². The molecule has 19 heavy (non-hydrogen) atoms. The monoisotopic (exact) mass is 280 g/mol. The Hall–Kier alpha value is -2.13. The number of carbonyl (C=O) groups is 2. The van der Waals surface area contributed by atoms with Crippen LogP contribution in [0, 0.1) is 0 Å². The predicted molar refractivity (Wildman–Crippen MR) is 58.8 cm³/mol. The summed E-state index contributed by atoms with van der Waals surface area (Å²) in [5.74, 6) is -1.82. The van der Waals surface area contributed by atoms with E-state index in [9.17, 15) is 22.8 Å². The molecule has 106 valence electrons. The summed E-state index contributed by atoms with van der Waals surface area (Å²) in [5, 5.41) is 11.4. The number of halogens is 3. The molecule has 0 radical (unpaired) electrons. The lowest BCUT2D eigenvalue weighted by Gasteiger charge is -2.25. The quantitative estimate of drug-likeness (QED) is 0.426. The van der Waals surface area contributed by atoms with Crippen LogP contribution in [-0.4, -0.2) is 59.7 Å². The van der Waals surface area contributed by atoms with Crippen molar-refractivity contribution in [3.8, 4) is 0 Å². The second kappa shape index (κ2) is 6.16. The van der Waals surface area contributed by atoms with Gasteiger partial charge >= 0.3 is 12.1 Å². The molecule has 1 aliphatic rings. The van der Waals surface area contributed by atoms with E-state index in [0.29, 0.717) is 0 Å². The molecule has 0 aliphatic carbocycles. The summed E-state index contributed by atoms with van der Waals surface area (Å²) in [7, 11) is 0. The highest BCUT2D eigenvalue weighted by atomic mass is 19.4. The molecule has 0 spiro atoms. The Kier molecular flexibility index (Phi) is 4.84. The van der Waals surface area contributed by atoms with Crippen molar-refractivity contribution in [1.29, 1.82) is 0 Å². The summed E-state index contributed by atoms with van der Waals surface area (Å²) in [4.78, 5) is 26.8. The molecule has 0 bridgehead atoms. The fourth-order valence-electron chi connectivity index (χ4n) is 1.32. The predicted octanol–water partition coefficient (Wildman–Crippen LogP) is -0.160. The van der Waals surface area contributed by atoms with E-state index < -0.39 is 24.5 Å². The Morgan fingerprint density at radius 3 is 2.79 bits per heavy atom. The smallest absolute Gasteiger partial charge is 0.428 e. The summed E-state index contributed by atoms with van der Waals surface area (Å²) in [6.45, 7) is 0.302. The SMILES string of the molecule is O=C(O)CC(=O)N1CCN=C(N/N=C/C(F)(F)F)C1. The molecule has 1 heterocycles. The minimum Gasteiger partial charge on any atom is -0.481 e. The molecule has 1 rings (SSSR count). The summed E-state index contributed by atoms with van der Waals surface area (Å²) in [6.07, 6.45) is -5.45. The van der Waals surface area contributed by atoms with Gasteiger partial charge in [-0.2, -0.15) is 18.3 Å². The van der Waals surface area contributed by atoms with Crippen LogP contribution in [0.3, 0.4) is 0 Å². The summed E-state index contributed by atoms with van der Waals surface area (Å²) in [5.41, 5.74) is 2.07. The van der Waals surface area contributed by atoms with Gasteiger partial charge < -0.3 is 10.0 Å². The zero-order valence-electron chi connectivity index (χ0n) is 9.65. The van der Waals surface area contributed by atoms with Gasteiger partial charge in [0.05, 0.1) is 13.1 Å². The van der Waals surface area contributed by atoms with Crippen LogP contribution < -0.4 is 5.43 Å². The third kappa shape index (κ3) is 5.84. The van der Waals surface area contributed by atoms with Gasteiger partial charge in [-0.15, -0.1) is 0 Å². The highest BCUT2D eigenvalue weighted by Crippen LogP contribution is 2.10. The molecule has 0 aromatic carbocycles. The molecule has 0 aromatic rings. The van der Waals surface area contributed by atoms with Crippen LogP contribution in [0.4, 0.5) is 13.2 Å². The average Bonchev–Trinajstić information content (AvgIpc) is 2.26. The number of nitrogens with one attached hydrogen (secondary N) is 1. The lowest BCUT2D eigenvalue weighted by molar-refractivity contribution is -0.144. The highest BCUT2D eigenvalue weighted by molar-refractivity contribution is 5.96. The van der Waals surface area contributed by atoms with Gasteiger partial charge in [-0.3, -0.25) is 20.0 Å². The minimum atomic E-state index is -4.54. The van der Waals surface area contributed by atoms with Crippen LogP contribution in [0.5, 0.6) is 0 Å². The van der Waals surface area contributed by atoms with Gasteiger partial charge in [-0.1, -0.05) is 0 Å². The van der Waals surface area contributed by atoms with E-state index in [-0.39, 0.29) is 31.7 Å². The number of carboxylic acids is 1. The molecule has 0 fully saturated rings. The van der Waals surface area contributed by atoms with Crippen molar-refractivity contribution in [2.75, 3.05) is 19.6 Å². The average molecular weight is 280 g/mol. The minimum absolute atomic E-state index is 0.0745. The Balaban J connectivity index is 2.50. The van der Waals surface area contributed by atoms with Crippen LogP contribution in [0.1, 0.15) is 6.42 Å². The van der Waals surface area contributed by atoms with E-state index in [4.69, 9.17) is 5.11 Å². The van der Waals surface area contributed by atoms with Crippen molar-refractivity contribution >= 4 is 23.9 Å². The van der Waals surface area contributed by atoms with E-state index >= 15 is 0 Å². The van der Waals surface area contributed by atoms with Gasteiger partial charge in [-0.05, 0) is 0 Å². The van der Waals surface area contributed by atoms with Crippen molar-refractivity contribution in [3.63, 3.8) is 0 Å². The number of amidine groups is 1. The second-order valence-electron chi connectivity index (χ2n) is 3.63. The molecule has 1 aliphatic heterocycles. The van der Waals surface area contributed by atoms with Crippen molar-refractivity contribution in [2.24, 2.45) is 10.1 Å². The molecule has 2 N–H and O–H groups in total. The molecule has 0 saturated heterocycles. The number of carboxylic acid groups (broad SMARTS) is 1. The lowest BCUT2D eigenvalue weighted by atomic mass is 10.3. The Labute approximate surface area is 105 Å². The maximum Gasteiger partial charge on any atom is 0.428 e. The van der Waals surface area contributed by atoms with Crippen LogP contribution in [0.25, 0.3) is 0 Å². The molecule has 1 amide bonds. The van der Waals surface area contributed by atoms with Gasteiger partial charge in [0.1, 0.15) is 18.5 Å². The number of hydrogen-bond acceptors (Lipinski definition) is 5. The molecule has 10 heteroatoms. The topological polar surface area (TPSA) is 94.4 Å². The third-order valence-corrected chi connectivity index (χ3v) is 2.07. The summed E-state index contributed by atoms with van der Waals surface area (Å²) in [6, 6.07) is 0. The van der Waals surface area contributed by atoms with Gasteiger partial charge in [0.25, 0.3) is 0 Å². The Morgan fingerprint density at radius 1 is 1.53 bits per heavy atom. The molecular formula is C9H11F3N4O3. The molecule has 0 saturated carbocycles. The number of aliphatic carboxylic acids is 1. The van der Waals surface area contributed by atoms with Gasteiger partial charge in [0.2, 0.25) is 5.91 Å². The molecular weight excluding hydrogens is 269 g/mol. The molecule has 7 nitrogen and oxygen atoms in total. The normalized spacial score (nSPS) is 16.4. The lowest BCUT2D eigenvalue weighted by Crippen LogP contribution is -2.45. The van der Waals surface area contributed by atoms with Crippen molar-refractivity contribution < 1.29 is 27.9 Å².